The second-order valence-electron chi connectivity index (χ2n) is 15.7. The average Bonchev–Trinajstić information content (AvgIpc) is 3.88. The first kappa shape index (κ1) is 40.6. The molecule has 0 bridgehead atoms. The van der Waals surface area contributed by atoms with Crippen LogP contribution in [0.15, 0.2) is 91.0 Å². The summed E-state index contributed by atoms with van der Waals surface area (Å²) >= 11 is 0. The molecule has 0 aromatic heterocycles. The third-order valence-electron chi connectivity index (χ3n) is 11.8. The van der Waals surface area contributed by atoms with Gasteiger partial charge in [-0.05, 0) is 110 Å². The second kappa shape index (κ2) is 16.4. The Morgan fingerprint density at radius 3 is 2.00 bits per heavy atom. The third kappa shape index (κ3) is 7.71. The summed E-state index contributed by atoms with van der Waals surface area (Å²) in [6.45, 7) is 5.45. The molecule has 2 saturated heterocycles. The molecule has 0 unspecified atom stereocenters. The number of likely N-dealkylation sites (tertiary alicyclic amines) is 1. The van der Waals surface area contributed by atoms with Gasteiger partial charge in [0.25, 0.3) is 17.7 Å². The van der Waals surface area contributed by atoms with Crippen LogP contribution in [0.4, 0.5) is 21.2 Å². The lowest BCUT2D eigenvalue weighted by atomic mass is 9.82. The fraction of sp³-hybridized carbons (Fsp3) is 0.364. The summed E-state index contributed by atoms with van der Waals surface area (Å²) in [5, 5.41) is 15.8. The maximum atomic E-state index is 16.6. The van der Waals surface area contributed by atoms with Gasteiger partial charge in [-0.1, -0.05) is 19.1 Å². The standard InChI is InChI=1S/C44H49FN4O8Si/c1-27-40(58(4,5)45)38(24-39(51)48-22-6-7-33(48)26-50)57-44(27)36-23-32(47-42(53)30-12-19-35(56-3)20-13-30)16-21-37(36)49(43(44)54)25-28-8-14-31(15-9-28)46-41(52)29-10-17-34(55-2)18-11-29/h8-21,23,27,33,38,40,50H,6-7,22,24-26H2,1-5H3,(H,46,52)(H,47,53)/t27-,33-,38+,40-,44+/m0/s1. The molecule has 3 heterocycles. The predicted molar refractivity (Wildman–Crippen MR) is 220 cm³/mol. The first-order chi connectivity index (χ1) is 27.8. The number of benzene rings is 4. The molecule has 4 amide bonds. The number of fused-ring (bicyclic) bond motifs is 2. The summed E-state index contributed by atoms with van der Waals surface area (Å²) in [7, 11) is -0.501. The van der Waals surface area contributed by atoms with Crippen LogP contribution in [0, 0.1) is 5.92 Å². The highest BCUT2D eigenvalue weighted by Gasteiger charge is 2.67. The second-order valence-corrected chi connectivity index (χ2v) is 19.5. The van der Waals surface area contributed by atoms with Crippen molar-refractivity contribution in [2.24, 2.45) is 5.92 Å². The maximum absolute atomic E-state index is 16.6. The van der Waals surface area contributed by atoms with Crippen molar-refractivity contribution in [3.63, 3.8) is 0 Å². The van der Waals surface area contributed by atoms with E-state index >= 15 is 8.90 Å². The molecule has 3 aliphatic rings. The predicted octanol–water partition coefficient (Wildman–Crippen LogP) is 6.90. The smallest absolute Gasteiger partial charge is 0.264 e. The zero-order valence-electron chi connectivity index (χ0n) is 33.3. The molecule has 3 N–H and O–H groups in total. The quantitative estimate of drug-likeness (QED) is 0.104. The lowest BCUT2D eigenvalue weighted by molar-refractivity contribution is -0.150. The fourth-order valence-corrected chi connectivity index (χ4v) is 11.4. The zero-order chi connectivity index (χ0) is 41.4. The highest BCUT2D eigenvalue weighted by atomic mass is 28.4. The summed E-state index contributed by atoms with van der Waals surface area (Å²) in [6, 6.07) is 25.5. The largest absolute Gasteiger partial charge is 0.497 e. The number of carbonyl (C=O) groups excluding carboxylic acids is 4. The van der Waals surface area contributed by atoms with Gasteiger partial charge in [0.1, 0.15) is 11.5 Å². The summed E-state index contributed by atoms with van der Waals surface area (Å²) < 4.78 is 33.9. The molecule has 3 aliphatic heterocycles. The lowest BCUT2D eigenvalue weighted by Crippen LogP contribution is -2.45. The summed E-state index contributed by atoms with van der Waals surface area (Å²) in [5.41, 5.74) is 1.23. The Morgan fingerprint density at radius 2 is 1.45 bits per heavy atom. The Bertz CT molecular complexity index is 2180. The number of amides is 4. The van der Waals surface area contributed by atoms with Gasteiger partial charge in [-0.15, -0.1) is 0 Å². The van der Waals surface area contributed by atoms with Crippen LogP contribution in [0.5, 0.6) is 11.5 Å². The topological polar surface area (TPSA) is 147 Å². The first-order valence-corrected chi connectivity index (χ1v) is 22.5. The van der Waals surface area contributed by atoms with Gasteiger partial charge in [0.15, 0.2) is 5.60 Å². The Hall–Kier alpha value is -5.57. The monoisotopic (exact) mass is 808 g/mol. The molecule has 304 valence electrons. The van der Waals surface area contributed by atoms with Crippen molar-refractivity contribution < 1.29 is 42.6 Å². The molecular weight excluding hydrogens is 760 g/mol. The summed E-state index contributed by atoms with van der Waals surface area (Å²) in [5.74, 6) is -0.728. The van der Waals surface area contributed by atoms with E-state index in [1.165, 1.54) is 0 Å². The van der Waals surface area contributed by atoms with Crippen molar-refractivity contribution in [1.29, 1.82) is 0 Å². The van der Waals surface area contributed by atoms with Gasteiger partial charge in [-0.25, -0.2) is 0 Å². The SMILES string of the molecule is COc1ccc(C(=O)Nc2ccc(CN3C(=O)[C@]4(O[C@H](CC(=O)N5CCC[C@H]5CO)[C@@H]([Si](C)(C)F)[C@@H]4C)c4cc(NC(=O)c5ccc(OC)cc5)ccc43)cc2)cc1. The first-order valence-electron chi connectivity index (χ1n) is 19.5. The van der Waals surface area contributed by atoms with Gasteiger partial charge >= 0.3 is 0 Å². The minimum absolute atomic E-state index is 0.130. The van der Waals surface area contributed by atoms with E-state index in [2.05, 4.69) is 10.6 Å². The number of halogens is 1. The molecule has 7 rings (SSSR count). The number of hydrogen-bond acceptors (Lipinski definition) is 8. The summed E-state index contributed by atoms with van der Waals surface area (Å²) in [6.07, 6.45) is 0.408. The lowest BCUT2D eigenvalue weighted by Gasteiger charge is -2.31. The Balaban J connectivity index is 1.20. The molecular formula is C44H49FN4O8Si. The van der Waals surface area contributed by atoms with E-state index in [0.29, 0.717) is 58.2 Å². The Morgan fingerprint density at radius 1 is 0.879 bits per heavy atom. The van der Waals surface area contributed by atoms with Crippen molar-refractivity contribution in [1.82, 2.24) is 4.90 Å². The van der Waals surface area contributed by atoms with Crippen molar-refractivity contribution in [2.75, 3.05) is 42.9 Å². The van der Waals surface area contributed by atoms with E-state index < -0.39 is 37.5 Å². The molecule has 0 radical (unpaired) electrons. The van der Waals surface area contributed by atoms with E-state index in [4.69, 9.17) is 14.2 Å². The fourth-order valence-electron chi connectivity index (χ4n) is 8.89. The third-order valence-corrected chi connectivity index (χ3v) is 14.2. The Labute approximate surface area is 338 Å². The van der Waals surface area contributed by atoms with Gasteiger partial charge in [0.2, 0.25) is 14.3 Å². The summed E-state index contributed by atoms with van der Waals surface area (Å²) in [4.78, 5) is 58.5. The number of nitrogens with one attached hydrogen (secondary N) is 2. The highest BCUT2D eigenvalue weighted by Crippen LogP contribution is 2.60. The van der Waals surface area contributed by atoms with Crippen molar-refractivity contribution in [3.05, 3.63) is 113 Å². The van der Waals surface area contributed by atoms with E-state index in [1.54, 1.807) is 116 Å². The molecule has 0 aliphatic carbocycles. The van der Waals surface area contributed by atoms with Crippen molar-refractivity contribution >= 4 is 49.1 Å². The van der Waals surface area contributed by atoms with Crippen LogP contribution in [0.3, 0.4) is 0 Å². The number of carbonyl (C=O) groups is 4. The van der Waals surface area contributed by atoms with Crippen LogP contribution >= 0.6 is 0 Å². The van der Waals surface area contributed by atoms with Crippen LogP contribution in [0.2, 0.25) is 18.6 Å². The average molecular weight is 809 g/mol. The van der Waals surface area contributed by atoms with Gasteiger partial charge in [-0.3, -0.25) is 19.2 Å². The van der Waals surface area contributed by atoms with Crippen LogP contribution in [-0.2, 0) is 26.5 Å². The van der Waals surface area contributed by atoms with Gasteiger partial charge < -0.3 is 43.9 Å². The molecule has 12 nitrogen and oxygen atoms in total. The normalized spacial score (nSPS) is 22.6. The number of aliphatic hydroxyl groups excluding tert-OH is 1. The number of anilines is 3. The molecule has 58 heavy (non-hydrogen) atoms. The molecule has 5 atom stereocenters. The molecule has 2 fully saturated rings. The van der Waals surface area contributed by atoms with Crippen molar-refractivity contribution in [3.8, 4) is 11.5 Å². The number of ether oxygens (including phenoxy) is 3. The van der Waals surface area contributed by atoms with Crippen LogP contribution in [-0.4, -0.2) is 81.6 Å². The van der Waals surface area contributed by atoms with Gasteiger partial charge in [0, 0.05) is 46.1 Å². The van der Waals surface area contributed by atoms with E-state index in [1.807, 2.05) is 19.1 Å². The maximum Gasteiger partial charge on any atom is 0.264 e. The molecule has 14 heteroatoms. The van der Waals surface area contributed by atoms with Crippen LogP contribution in [0.1, 0.15) is 58.0 Å². The van der Waals surface area contributed by atoms with Crippen LogP contribution in [0.25, 0.3) is 0 Å². The zero-order valence-corrected chi connectivity index (χ0v) is 34.3. The van der Waals surface area contributed by atoms with E-state index in [9.17, 15) is 19.5 Å². The minimum atomic E-state index is -3.60. The van der Waals surface area contributed by atoms with E-state index in [0.717, 1.165) is 12.0 Å². The van der Waals surface area contributed by atoms with Crippen molar-refractivity contribution in [2.45, 2.75) is 69.1 Å². The Kier molecular flexibility index (Phi) is 11.5. The number of hydrogen-bond donors (Lipinski definition) is 3. The highest BCUT2D eigenvalue weighted by molar-refractivity contribution is 6.72. The molecule has 4 aromatic carbocycles. The van der Waals surface area contributed by atoms with Crippen LogP contribution < -0.4 is 25.0 Å². The number of rotatable bonds is 12. The number of aliphatic hydroxyl groups is 1. The van der Waals surface area contributed by atoms with Gasteiger partial charge in [-0.2, -0.15) is 0 Å². The van der Waals surface area contributed by atoms with Gasteiger partial charge in [0.05, 0.1) is 51.6 Å². The van der Waals surface area contributed by atoms with E-state index in [-0.39, 0.29) is 43.3 Å². The minimum Gasteiger partial charge on any atom is -0.497 e. The number of methoxy groups -OCH3 is 2. The molecule has 4 aromatic rings. The number of nitrogens with zero attached hydrogens (tertiary/aromatic N) is 2. The molecule has 0 saturated carbocycles. The molecule has 1 spiro atoms.